The summed E-state index contributed by atoms with van der Waals surface area (Å²) in [5.41, 5.74) is 4.28. The van der Waals surface area contributed by atoms with Crippen molar-refractivity contribution in [1.82, 2.24) is 15.1 Å². The Bertz CT molecular complexity index is 1240. The van der Waals surface area contributed by atoms with E-state index in [1.807, 2.05) is 52.0 Å². The summed E-state index contributed by atoms with van der Waals surface area (Å²) in [6.45, 7) is 7.79. The molecular formula is C29H36FN3O5. The number of aryl methyl sites for hydroxylation is 1. The molecule has 0 radical (unpaired) electrons. The van der Waals surface area contributed by atoms with Crippen molar-refractivity contribution in [3.63, 3.8) is 0 Å². The number of aliphatic hydroxyl groups is 2. The van der Waals surface area contributed by atoms with Crippen LogP contribution < -0.4 is 5.32 Å². The largest absolute Gasteiger partial charge is 0.481 e. The molecule has 0 aliphatic carbocycles. The molecule has 0 spiro atoms. The quantitative estimate of drug-likeness (QED) is 0.277. The molecule has 38 heavy (non-hydrogen) atoms. The molecule has 0 saturated carbocycles. The van der Waals surface area contributed by atoms with E-state index in [0.717, 1.165) is 11.1 Å². The van der Waals surface area contributed by atoms with E-state index in [9.17, 15) is 24.2 Å². The highest BCUT2D eigenvalue weighted by Crippen LogP contribution is 2.29. The maximum absolute atomic E-state index is 13.6. The van der Waals surface area contributed by atoms with E-state index in [1.54, 1.807) is 16.8 Å². The Morgan fingerprint density at radius 3 is 2.21 bits per heavy atom. The number of halogens is 1. The van der Waals surface area contributed by atoms with Gasteiger partial charge < -0.3 is 20.6 Å². The number of aromatic nitrogens is 2. The third-order valence-corrected chi connectivity index (χ3v) is 6.48. The summed E-state index contributed by atoms with van der Waals surface area (Å²) >= 11 is 0. The number of nitrogens with zero attached hydrogens (tertiary/aromatic N) is 2. The van der Waals surface area contributed by atoms with Gasteiger partial charge in [0.2, 0.25) is 0 Å². The number of aliphatic carboxylic acids is 1. The fourth-order valence-corrected chi connectivity index (χ4v) is 4.50. The van der Waals surface area contributed by atoms with Crippen molar-refractivity contribution in [2.75, 3.05) is 0 Å². The second-order valence-electron chi connectivity index (χ2n) is 10.0. The fraction of sp³-hybridized carbons (Fsp3) is 0.414. The zero-order valence-electron chi connectivity index (χ0n) is 22.2. The molecule has 1 aromatic heterocycles. The van der Waals surface area contributed by atoms with Gasteiger partial charge in [-0.2, -0.15) is 5.10 Å². The topological polar surface area (TPSA) is 125 Å². The van der Waals surface area contributed by atoms with E-state index in [2.05, 4.69) is 10.4 Å². The highest BCUT2D eigenvalue weighted by Gasteiger charge is 2.27. The van der Waals surface area contributed by atoms with Crippen molar-refractivity contribution in [3.8, 4) is 5.69 Å². The summed E-state index contributed by atoms with van der Waals surface area (Å²) in [6.07, 6.45) is -2.15. The van der Waals surface area contributed by atoms with Crippen LogP contribution >= 0.6 is 0 Å². The van der Waals surface area contributed by atoms with Gasteiger partial charge in [0.15, 0.2) is 5.69 Å². The minimum absolute atomic E-state index is 0.0879. The summed E-state index contributed by atoms with van der Waals surface area (Å²) < 4.78 is 15.2. The Kier molecular flexibility index (Phi) is 9.77. The number of hydrogen-bond acceptors (Lipinski definition) is 5. The maximum atomic E-state index is 13.6. The first-order valence-electron chi connectivity index (χ1n) is 12.8. The van der Waals surface area contributed by atoms with Gasteiger partial charge in [0, 0.05) is 11.3 Å². The minimum Gasteiger partial charge on any atom is -0.481 e. The Morgan fingerprint density at radius 2 is 1.63 bits per heavy atom. The Hall–Kier alpha value is -3.56. The minimum atomic E-state index is -1.17. The van der Waals surface area contributed by atoms with E-state index in [1.165, 1.54) is 12.1 Å². The molecule has 0 bridgehead atoms. The third-order valence-electron chi connectivity index (χ3n) is 6.48. The molecule has 3 aromatic rings. The normalized spacial score (nSPS) is 13.8. The van der Waals surface area contributed by atoms with E-state index in [-0.39, 0.29) is 36.4 Å². The molecule has 0 unspecified atom stereocenters. The van der Waals surface area contributed by atoms with Gasteiger partial charge in [0.25, 0.3) is 5.91 Å². The Labute approximate surface area is 222 Å². The van der Waals surface area contributed by atoms with Crippen LogP contribution in [0.3, 0.4) is 0 Å². The first kappa shape index (κ1) is 29.0. The molecule has 8 nitrogen and oxygen atoms in total. The number of carbonyl (C=O) groups is 2. The number of amides is 1. The van der Waals surface area contributed by atoms with Crippen LogP contribution in [0.25, 0.3) is 5.69 Å². The lowest BCUT2D eigenvalue weighted by Crippen LogP contribution is -2.28. The molecule has 3 rings (SSSR count). The lowest BCUT2D eigenvalue weighted by molar-refractivity contribution is -0.139. The molecule has 204 valence electrons. The highest BCUT2D eigenvalue weighted by molar-refractivity contribution is 5.94. The number of carboxylic acid groups (broad SMARTS) is 1. The summed E-state index contributed by atoms with van der Waals surface area (Å²) in [7, 11) is 0. The Balaban J connectivity index is 1.93. The summed E-state index contributed by atoms with van der Waals surface area (Å²) in [5.74, 6) is -1.98. The molecule has 0 saturated heterocycles. The Morgan fingerprint density at radius 1 is 1.00 bits per heavy atom. The summed E-state index contributed by atoms with van der Waals surface area (Å²) in [4.78, 5) is 24.3. The summed E-state index contributed by atoms with van der Waals surface area (Å²) in [6, 6.07) is 13.4. The van der Waals surface area contributed by atoms with Crippen LogP contribution in [0, 0.1) is 12.7 Å². The van der Waals surface area contributed by atoms with Gasteiger partial charge in [-0.3, -0.25) is 9.59 Å². The van der Waals surface area contributed by atoms with Crippen LogP contribution in [0.1, 0.15) is 84.9 Å². The van der Waals surface area contributed by atoms with E-state index < -0.39 is 30.4 Å². The van der Waals surface area contributed by atoms with Crippen LogP contribution in [0.4, 0.5) is 4.39 Å². The zero-order valence-corrected chi connectivity index (χ0v) is 22.2. The van der Waals surface area contributed by atoms with E-state index in [0.29, 0.717) is 23.4 Å². The predicted molar refractivity (Wildman–Crippen MR) is 142 cm³/mol. The van der Waals surface area contributed by atoms with Crippen LogP contribution in [0.2, 0.25) is 0 Å². The van der Waals surface area contributed by atoms with E-state index in [4.69, 9.17) is 5.11 Å². The summed E-state index contributed by atoms with van der Waals surface area (Å²) in [5, 5.41) is 36.9. The molecule has 9 heteroatoms. The molecule has 4 N–H and O–H groups in total. The van der Waals surface area contributed by atoms with Crippen LogP contribution in [-0.2, 0) is 11.2 Å². The average molecular weight is 526 g/mol. The smallest absolute Gasteiger partial charge is 0.305 e. The molecular weight excluding hydrogens is 489 g/mol. The average Bonchev–Trinajstić information content (AvgIpc) is 3.23. The molecule has 0 aliphatic heterocycles. The first-order chi connectivity index (χ1) is 18.0. The van der Waals surface area contributed by atoms with Gasteiger partial charge in [0.1, 0.15) is 5.82 Å². The van der Waals surface area contributed by atoms with Crippen molar-refractivity contribution in [1.29, 1.82) is 0 Å². The number of hydrogen-bond donors (Lipinski definition) is 4. The zero-order chi connectivity index (χ0) is 28.0. The molecule has 0 fully saturated rings. The van der Waals surface area contributed by atoms with Gasteiger partial charge in [-0.15, -0.1) is 0 Å². The number of carbonyl (C=O) groups excluding carboxylic acids is 1. The van der Waals surface area contributed by atoms with Gasteiger partial charge in [-0.05, 0) is 68.9 Å². The van der Waals surface area contributed by atoms with Crippen molar-refractivity contribution >= 4 is 11.9 Å². The van der Waals surface area contributed by atoms with Crippen molar-refractivity contribution in [2.24, 2.45) is 0 Å². The number of benzene rings is 2. The predicted octanol–water partition coefficient (Wildman–Crippen LogP) is 4.45. The standard InChI is InChI=1S/C29H36FN3O5/c1-17(2)27-25(14-13-23(34)15-24(35)16-26(36)37)33(22-11-9-21(30)10-12-22)32-28(27)29(38)31-19(4)20-7-5-18(3)6-8-20/h5-12,17,19,23-24,34-35H,13-16H2,1-4H3,(H,31,38)(H,36,37)/t19-,23+,24+/m0/s1. The molecule has 3 atom stereocenters. The van der Waals surface area contributed by atoms with Crippen molar-refractivity contribution < 1.29 is 29.3 Å². The van der Waals surface area contributed by atoms with Gasteiger partial charge in [-0.25, -0.2) is 9.07 Å². The van der Waals surface area contributed by atoms with Crippen molar-refractivity contribution in [2.45, 2.75) is 77.5 Å². The SMILES string of the molecule is Cc1ccc([C@H](C)NC(=O)c2nn(-c3ccc(F)cc3)c(CC[C@@H](O)C[C@@H](O)CC(=O)O)c2C(C)C)cc1. The van der Waals surface area contributed by atoms with Gasteiger partial charge in [-0.1, -0.05) is 43.7 Å². The molecule has 0 aliphatic rings. The third kappa shape index (κ3) is 7.49. The first-order valence-corrected chi connectivity index (χ1v) is 12.8. The second kappa shape index (κ2) is 12.8. The highest BCUT2D eigenvalue weighted by atomic mass is 19.1. The molecule has 1 heterocycles. The lowest BCUT2D eigenvalue weighted by Gasteiger charge is -2.17. The van der Waals surface area contributed by atoms with E-state index >= 15 is 0 Å². The molecule has 1 amide bonds. The fourth-order valence-electron chi connectivity index (χ4n) is 4.50. The number of aliphatic hydroxyl groups excluding tert-OH is 2. The van der Waals surface area contributed by atoms with Gasteiger partial charge in [0.05, 0.1) is 30.4 Å². The number of rotatable bonds is 12. The van der Waals surface area contributed by atoms with Crippen molar-refractivity contribution in [3.05, 3.63) is 82.4 Å². The lowest BCUT2D eigenvalue weighted by atomic mass is 9.95. The number of nitrogens with one attached hydrogen (secondary N) is 1. The second-order valence-corrected chi connectivity index (χ2v) is 10.0. The van der Waals surface area contributed by atoms with Crippen LogP contribution in [0.15, 0.2) is 48.5 Å². The monoisotopic (exact) mass is 525 g/mol. The van der Waals surface area contributed by atoms with Crippen LogP contribution in [0.5, 0.6) is 0 Å². The van der Waals surface area contributed by atoms with Crippen LogP contribution in [-0.4, -0.2) is 49.2 Å². The molecule has 2 aromatic carbocycles. The maximum Gasteiger partial charge on any atom is 0.305 e. The number of carboxylic acids is 1. The van der Waals surface area contributed by atoms with Gasteiger partial charge >= 0.3 is 5.97 Å².